The zero-order valence-corrected chi connectivity index (χ0v) is 12.0. The van der Waals surface area contributed by atoms with Crippen LogP contribution < -0.4 is 16.6 Å². The van der Waals surface area contributed by atoms with E-state index in [1.807, 2.05) is 0 Å². The molecule has 0 fully saturated rings. The molecule has 6 nitrogen and oxygen atoms in total. The summed E-state index contributed by atoms with van der Waals surface area (Å²) in [6.45, 7) is -1.67. The van der Waals surface area contributed by atoms with Gasteiger partial charge in [0, 0.05) is 12.4 Å². The summed E-state index contributed by atoms with van der Waals surface area (Å²) in [4.78, 5) is 23.8. The third-order valence-corrected chi connectivity index (χ3v) is 3.20. The Hall–Kier alpha value is -2.35. The lowest BCUT2D eigenvalue weighted by Gasteiger charge is -2.14. The first-order valence-electron chi connectivity index (χ1n) is 6.63. The van der Waals surface area contributed by atoms with Crippen LogP contribution in [-0.4, -0.2) is 34.7 Å². The Morgan fingerprint density at radius 2 is 2.00 bits per heavy atom. The number of aromatic nitrogens is 2. The van der Waals surface area contributed by atoms with Crippen LogP contribution in [0.3, 0.4) is 0 Å². The van der Waals surface area contributed by atoms with Gasteiger partial charge >= 0.3 is 0 Å². The third kappa shape index (κ3) is 3.45. The highest BCUT2D eigenvalue weighted by molar-refractivity contribution is 5.88. The van der Waals surface area contributed by atoms with Gasteiger partial charge in [-0.25, -0.2) is 13.5 Å². The maximum absolute atomic E-state index is 13.0. The lowest BCUT2D eigenvalue weighted by Crippen LogP contribution is -2.42. The molecule has 1 amide bonds. The fourth-order valence-electron chi connectivity index (χ4n) is 2.02. The van der Waals surface area contributed by atoms with Crippen molar-refractivity contribution in [2.45, 2.75) is 12.3 Å². The number of benzene rings is 1. The minimum Gasteiger partial charge on any atom is -0.350 e. The number of carbonyl (C=O) groups is 1. The zero-order chi connectivity index (χ0) is 16.3. The molecule has 2 rings (SSSR count). The first-order valence-corrected chi connectivity index (χ1v) is 6.63. The number of carbonyl (C=O) groups excluding carboxylic acids is 1. The van der Waals surface area contributed by atoms with Crippen molar-refractivity contribution in [3.63, 3.8) is 0 Å². The molecule has 0 saturated heterocycles. The Morgan fingerprint density at radius 1 is 1.36 bits per heavy atom. The molecule has 1 aromatic heterocycles. The van der Waals surface area contributed by atoms with Gasteiger partial charge in [0.15, 0.2) is 0 Å². The van der Waals surface area contributed by atoms with Gasteiger partial charge in [0.2, 0.25) is 5.91 Å². The summed E-state index contributed by atoms with van der Waals surface area (Å²) in [5.74, 6) is -3.75. The van der Waals surface area contributed by atoms with Crippen LogP contribution in [0.5, 0.6) is 0 Å². The second-order valence-electron chi connectivity index (χ2n) is 4.93. The molecule has 0 unspecified atom stereocenters. The number of alkyl halides is 2. The minimum atomic E-state index is -3.14. The molecule has 0 atom stereocenters. The van der Waals surface area contributed by atoms with Gasteiger partial charge in [-0.15, -0.1) is 0 Å². The van der Waals surface area contributed by atoms with Crippen LogP contribution in [0.25, 0.3) is 10.8 Å². The van der Waals surface area contributed by atoms with Crippen molar-refractivity contribution in [3.8, 4) is 0 Å². The number of hydrogen-bond acceptors (Lipinski definition) is 4. The van der Waals surface area contributed by atoms with Crippen LogP contribution in [0.2, 0.25) is 0 Å². The van der Waals surface area contributed by atoms with E-state index < -0.39 is 24.9 Å². The fourth-order valence-corrected chi connectivity index (χ4v) is 2.02. The number of hydrogen-bond donors (Lipinski definition) is 2. The average molecular weight is 310 g/mol. The molecule has 2 aromatic rings. The maximum atomic E-state index is 13.0. The van der Waals surface area contributed by atoms with E-state index in [1.54, 1.807) is 24.3 Å². The summed E-state index contributed by atoms with van der Waals surface area (Å²) in [7, 11) is 1.47. The van der Waals surface area contributed by atoms with Gasteiger partial charge in [-0.2, -0.15) is 5.10 Å². The molecule has 3 N–H and O–H groups in total. The van der Waals surface area contributed by atoms with Crippen molar-refractivity contribution < 1.29 is 13.6 Å². The predicted molar refractivity (Wildman–Crippen MR) is 77.7 cm³/mol. The van der Waals surface area contributed by atoms with E-state index in [9.17, 15) is 18.4 Å². The molecular weight excluding hydrogens is 294 g/mol. The van der Waals surface area contributed by atoms with Gasteiger partial charge in [0.1, 0.15) is 0 Å². The Kier molecular flexibility index (Phi) is 4.51. The monoisotopic (exact) mass is 310 g/mol. The second-order valence-corrected chi connectivity index (χ2v) is 4.93. The Morgan fingerprint density at radius 3 is 2.64 bits per heavy atom. The van der Waals surface area contributed by atoms with Crippen LogP contribution in [-0.2, 0) is 18.3 Å². The highest BCUT2D eigenvalue weighted by Gasteiger charge is 2.27. The van der Waals surface area contributed by atoms with E-state index in [-0.39, 0.29) is 12.0 Å². The molecule has 0 aliphatic rings. The standard InChI is InChI=1S/C14H16F2N4O2/c1-20-13(22)10-5-3-2-4-9(10)11(19-20)6-12(21)18-8-14(15,16)7-17/h2-5H,6-8,17H2,1H3,(H,18,21). The third-order valence-electron chi connectivity index (χ3n) is 3.20. The van der Waals surface area contributed by atoms with Gasteiger partial charge in [-0.05, 0) is 6.07 Å². The molecule has 1 heterocycles. The molecule has 8 heteroatoms. The van der Waals surface area contributed by atoms with Gasteiger partial charge in [-0.3, -0.25) is 9.59 Å². The summed E-state index contributed by atoms with van der Waals surface area (Å²) in [5, 5.41) is 7.12. The first-order chi connectivity index (χ1) is 10.3. The molecule has 0 spiro atoms. The van der Waals surface area contributed by atoms with Crippen molar-refractivity contribution >= 4 is 16.7 Å². The topological polar surface area (TPSA) is 90.0 Å². The first kappa shape index (κ1) is 16.0. The number of nitrogens with one attached hydrogen (secondary N) is 1. The molecule has 0 saturated carbocycles. The SMILES string of the molecule is Cn1nc(CC(=O)NCC(F)(F)CN)c2ccccc2c1=O. The minimum absolute atomic E-state index is 0.199. The van der Waals surface area contributed by atoms with Crippen molar-refractivity contribution in [2.24, 2.45) is 12.8 Å². The molecule has 118 valence electrons. The quantitative estimate of drug-likeness (QED) is 0.825. The van der Waals surface area contributed by atoms with Gasteiger partial charge in [0.25, 0.3) is 11.5 Å². The van der Waals surface area contributed by atoms with Crippen LogP contribution >= 0.6 is 0 Å². The fraction of sp³-hybridized carbons (Fsp3) is 0.357. The molecule has 0 bridgehead atoms. The van der Waals surface area contributed by atoms with Crippen molar-refractivity contribution in [1.82, 2.24) is 15.1 Å². The van der Waals surface area contributed by atoms with Crippen LogP contribution in [0, 0.1) is 0 Å². The number of nitrogens with two attached hydrogens (primary N) is 1. The highest BCUT2D eigenvalue weighted by Crippen LogP contribution is 2.14. The largest absolute Gasteiger partial charge is 0.350 e. The van der Waals surface area contributed by atoms with E-state index in [2.05, 4.69) is 10.4 Å². The van der Waals surface area contributed by atoms with Crippen LogP contribution in [0.1, 0.15) is 5.69 Å². The Balaban J connectivity index is 2.23. The number of nitrogens with zero attached hydrogens (tertiary/aromatic N) is 2. The Bertz CT molecular complexity index is 758. The predicted octanol–water partition coefficient (Wildman–Crippen LogP) is 0.186. The summed E-state index contributed by atoms with van der Waals surface area (Å²) in [5.41, 5.74) is 4.97. The molecule has 22 heavy (non-hydrogen) atoms. The van der Waals surface area contributed by atoms with Crippen LogP contribution in [0.15, 0.2) is 29.1 Å². The van der Waals surface area contributed by atoms with E-state index in [1.165, 1.54) is 7.05 Å². The summed E-state index contributed by atoms with van der Waals surface area (Å²) >= 11 is 0. The Labute approximate surface area is 124 Å². The average Bonchev–Trinajstić information content (AvgIpc) is 2.50. The van der Waals surface area contributed by atoms with Crippen LogP contribution in [0.4, 0.5) is 8.78 Å². The zero-order valence-electron chi connectivity index (χ0n) is 12.0. The highest BCUT2D eigenvalue weighted by atomic mass is 19.3. The number of rotatable bonds is 5. The lowest BCUT2D eigenvalue weighted by atomic mass is 10.1. The maximum Gasteiger partial charge on any atom is 0.277 e. The molecule has 0 aliphatic heterocycles. The van der Waals surface area contributed by atoms with Crippen molar-refractivity contribution in [3.05, 3.63) is 40.3 Å². The number of aryl methyl sites for hydroxylation is 1. The number of amides is 1. The smallest absolute Gasteiger partial charge is 0.277 e. The summed E-state index contributed by atoms with van der Waals surface area (Å²) in [6.07, 6.45) is -0.199. The number of halogens is 2. The second kappa shape index (κ2) is 6.18. The molecular formula is C14H16F2N4O2. The van der Waals surface area contributed by atoms with Crippen molar-refractivity contribution in [1.29, 1.82) is 0 Å². The van der Waals surface area contributed by atoms with E-state index in [0.717, 1.165) is 4.68 Å². The normalized spacial score (nSPS) is 11.6. The lowest BCUT2D eigenvalue weighted by molar-refractivity contribution is -0.122. The molecule has 1 aromatic carbocycles. The summed E-state index contributed by atoms with van der Waals surface area (Å²) < 4.78 is 27.2. The molecule has 0 radical (unpaired) electrons. The van der Waals surface area contributed by atoms with E-state index in [0.29, 0.717) is 16.5 Å². The van der Waals surface area contributed by atoms with Gasteiger partial charge in [0.05, 0.1) is 30.6 Å². The molecule has 0 aliphatic carbocycles. The van der Waals surface area contributed by atoms with Gasteiger partial charge in [-0.1, -0.05) is 18.2 Å². The van der Waals surface area contributed by atoms with Gasteiger partial charge < -0.3 is 11.1 Å². The van der Waals surface area contributed by atoms with E-state index >= 15 is 0 Å². The van der Waals surface area contributed by atoms with E-state index in [4.69, 9.17) is 5.73 Å². The van der Waals surface area contributed by atoms with Crippen molar-refractivity contribution in [2.75, 3.05) is 13.1 Å². The summed E-state index contributed by atoms with van der Waals surface area (Å²) in [6, 6.07) is 6.72. The number of fused-ring (bicyclic) bond motifs is 1.